The van der Waals surface area contributed by atoms with Gasteiger partial charge in [-0.25, -0.2) is 0 Å². The molecule has 104 valence electrons. The first-order chi connectivity index (χ1) is 8.58. The van der Waals surface area contributed by atoms with Crippen LogP contribution >= 0.6 is 0 Å². The second-order valence-corrected chi connectivity index (χ2v) is 5.66. The van der Waals surface area contributed by atoms with Crippen LogP contribution in [0.4, 0.5) is 0 Å². The zero-order valence-corrected chi connectivity index (χ0v) is 11.5. The number of nitrogens with one attached hydrogen (secondary N) is 1. The molecule has 1 heterocycles. The SMILES string of the molecule is CCNC(CN1CCN(C)CC1)(C(=O)O)C1CC1. The summed E-state index contributed by atoms with van der Waals surface area (Å²) < 4.78 is 0. The number of aliphatic carboxylic acids is 1. The van der Waals surface area contributed by atoms with Gasteiger partial charge in [0, 0.05) is 32.7 Å². The maximum absolute atomic E-state index is 11.7. The van der Waals surface area contributed by atoms with Crippen LogP contribution in [0.15, 0.2) is 0 Å². The summed E-state index contributed by atoms with van der Waals surface area (Å²) in [4.78, 5) is 16.3. The van der Waals surface area contributed by atoms with Gasteiger partial charge in [0.25, 0.3) is 0 Å². The minimum absolute atomic E-state index is 0.314. The smallest absolute Gasteiger partial charge is 0.325 e. The quantitative estimate of drug-likeness (QED) is 0.704. The molecule has 2 N–H and O–H groups in total. The molecule has 0 aromatic heterocycles. The molecule has 1 aliphatic carbocycles. The van der Waals surface area contributed by atoms with Crippen molar-refractivity contribution in [2.24, 2.45) is 5.92 Å². The van der Waals surface area contributed by atoms with Gasteiger partial charge in [-0.2, -0.15) is 0 Å². The molecule has 0 amide bonds. The van der Waals surface area contributed by atoms with E-state index in [0.717, 1.165) is 45.6 Å². The monoisotopic (exact) mass is 255 g/mol. The highest BCUT2D eigenvalue weighted by atomic mass is 16.4. The Kier molecular flexibility index (Phi) is 4.25. The van der Waals surface area contributed by atoms with Crippen LogP contribution in [0, 0.1) is 5.92 Å². The third-order valence-corrected chi connectivity index (χ3v) is 4.22. The summed E-state index contributed by atoms with van der Waals surface area (Å²) in [7, 11) is 2.12. The van der Waals surface area contributed by atoms with E-state index in [0.29, 0.717) is 12.5 Å². The van der Waals surface area contributed by atoms with E-state index >= 15 is 0 Å². The topological polar surface area (TPSA) is 55.8 Å². The molecule has 1 atom stereocenters. The van der Waals surface area contributed by atoms with Crippen LogP contribution in [0.5, 0.6) is 0 Å². The molecule has 1 saturated carbocycles. The van der Waals surface area contributed by atoms with Crippen molar-refractivity contribution in [2.45, 2.75) is 25.3 Å². The van der Waals surface area contributed by atoms with Crippen molar-refractivity contribution in [1.82, 2.24) is 15.1 Å². The molecule has 1 saturated heterocycles. The van der Waals surface area contributed by atoms with E-state index in [9.17, 15) is 9.90 Å². The Balaban J connectivity index is 2.02. The standard InChI is InChI=1S/C13H25N3O2/c1-3-14-13(12(17)18,11-4-5-11)10-16-8-6-15(2)7-9-16/h11,14H,3-10H2,1-2H3,(H,17,18). The molecule has 5 heteroatoms. The highest BCUT2D eigenvalue weighted by molar-refractivity contribution is 5.80. The molecule has 0 spiro atoms. The summed E-state index contributed by atoms with van der Waals surface area (Å²) in [6.07, 6.45) is 2.10. The summed E-state index contributed by atoms with van der Waals surface area (Å²) in [5, 5.41) is 12.9. The molecule has 0 aromatic carbocycles. The van der Waals surface area contributed by atoms with Gasteiger partial charge in [0.05, 0.1) is 0 Å². The van der Waals surface area contributed by atoms with E-state index in [4.69, 9.17) is 0 Å². The van der Waals surface area contributed by atoms with E-state index in [1.165, 1.54) is 0 Å². The lowest BCUT2D eigenvalue weighted by Gasteiger charge is -2.39. The van der Waals surface area contributed by atoms with Crippen LogP contribution in [-0.4, -0.2) is 72.7 Å². The van der Waals surface area contributed by atoms with Crippen molar-refractivity contribution in [3.05, 3.63) is 0 Å². The summed E-state index contributed by atoms with van der Waals surface area (Å²) in [6.45, 7) is 7.38. The largest absolute Gasteiger partial charge is 0.480 e. The minimum atomic E-state index is -0.718. The third-order valence-electron chi connectivity index (χ3n) is 4.22. The molecule has 0 bridgehead atoms. The molecule has 5 nitrogen and oxygen atoms in total. The normalized spacial score (nSPS) is 25.9. The lowest BCUT2D eigenvalue weighted by molar-refractivity contribution is -0.147. The molecule has 0 radical (unpaired) electrons. The van der Waals surface area contributed by atoms with E-state index < -0.39 is 11.5 Å². The van der Waals surface area contributed by atoms with Gasteiger partial charge in [-0.1, -0.05) is 6.92 Å². The molecule has 1 aliphatic heterocycles. The number of carboxylic acids is 1. The minimum Gasteiger partial charge on any atom is -0.480 e. The van der Waals surface area contributed by atoms with Crippen molar-refractivity contribution >= 4 is 5.97 Å². The molecular weight excluding hydrogens is 230 g/mol. The Bertz CT molecular complexity index is 299. The summed E-state index contributed by atoms with van der Waals surface area (Å²) in [5.41, 5.74) is -0.718. The molecule has 2 aliphatic rings. The first-order valence-electron chi connectivity index (χ1n) is 6.98. The van der Waals surface area contributed by atoms with Gasteiger partial charge in [-0.05, 0) is 32.4 Å². The van der Waals surface area contributed by atoms with E-state index in [-0.39, 0.29) is 0 Å². The van der Waals surface area contributed by atoms with Crippen LogP contribution < -0.4 is 5.32 Å². The van der Waals surface area contributed by atoms with Crippen molar-refractivity contribution in [3.63, 3.8) is 0 Å². The number of likely N-dealkylation sites (N-methyl/N-ethyl adjacent to an activating group) is 2. The number of hydrogen-bond donors (Lipinski definition) is 2. The Hall–Kier alpha value is -0.650. The van der Waals surface area contributed by atoms with Crippen LogP contribution in [-0.2, 0) is 4.79 Å². The second-order valence-electron chi connectivity index (χ2n) is 5.66. The molecule has 0 aromatic rings. The predicted octanol–water partition coefficient (Wildman–Crippen LogP) is 0.0767. The molecule has 2 fully saturated rings. The number of carboxylic acid groups (broad SMARTS) is 1. The molecule has 2 rings (SSSR count). The van der Waals surface area contributed by atoms with Crippen LogP contribution in [0.1, 0.15) is 19.8 Å². The summed E-state index contributed by atoms with van der Waals surface area (Å²) in [6, 6.07) is 0. The lowest BCUT2D eigenvalue weighted by atomic mass is 9.92. The van der Waals surface area contributed by atoms with E-state index in [1.807, 2.05) is 6.92 Å². The fraction of sp³-hybridized carbons (Fsp3) is 0.923. The van der Waals surface area contributed by atoms with Gasteiger partial charge in [0.2, 0.25) is 0 Å². The van der Waals surface area contributed by atoms with Gasteiger partial charge in [0.15, 0.2) is 0 Å². The van der Waals surface area contributed by atoms with Gasteiger partial charge in [-0.3, -0.25) is 9.69 Å². The Morgan fingerprint density at radius 2 is 1.94 bits per heavy atom. The molecule has 1 unspecified atom stereocenters. The van der Waals surface area contributed by atoms with E-state index in [2.05, 4.69) is 22.2 Å². The van der Waals surface area contributed by atoms with E-state index in [1.54, 1.807) is 0 Å². The lowest BCUT2D eigenvalue weighted by Crippen LogP contribution is -2.62. The van der Waals surface area contributed by atoms with Gasteiger partial charge in [-0.15, -0.1) is 0 Å². The van der Waals surface area contributed by atoms with Crippen LogP contribution in [0.25, 0.3) is 0 Å². The van der Waals surface area contributed by atoms with Crippen molar-refractivity contribution in [1.29, 1.82) is 0 Å². The first kappa shape index (κ1) is 13.8. The van der Waals surface area contributed by atoms with Crippen molar-refractivity contribution in [2.75, 3.05) is 46.3 Å². The second kappa shape index (κ2) is 5.55. The average Bonchev–Trinajstić information content (AvgIpc) is 3.15. The van der Waals surface area contributed by atoms with Gasteiger partial charge < -0.3 is 15.3 Å². The number of piperazine rings is 1. The van der Waals surface area contributed by atoms with Crippen LogP contribution in [0.2, 0.25) is 0 Å². The van der Waals surface area contributed by atoms with Crippen molar-refractivity contribution < 1.29 is 9.90 Å². The number of carbonyl (C=O) groups is 1. The number of rotatable bonds is 6. The highest BCUT2D eigenvalue weighted by Gasteiger charge is 2.51. The first-order valence-corrected chi connectivity index (χ1v) is 6.98. The van der Waals surface area contributed by atoms with Gasteiger partial charge in [0.1, 0.15) is 5.54 Å². The molecule has 18 heavy (non-hydrogen) atoms. The number of hydrogen-bond acceptors (Lipinski definition) is 4. The van der Waals surface area contributed by atoms with Crippen LogP contribution in [0.3, 0.4) is 0 Å². The summed E-state index contributed by atoms with van der Waals surface area (Å²) in [5.74, 6) is -0.361. The van der Waals surface area contributed by atoms with Gasteiger partial charge >= 0.3 is 5.97 Å². The Morgan fingerprint density at radius 1 is 1.33 bits per heavy atom. The highest BCUT2D eigenvalue weighted by Crippen LogP contribution is 2.40. The maximum atomic E-state index is 11.7. The zero-order chi connectivity index (χ0) is 13.2. The fourth-order valence-corrected chi connectivity index (χ4v) is 2.90. The third kappa shape index (κ3) is 2.84. The number of nitrogens with zero attached hydrogens (tertiary/aromatic N) is 2. The predicted molar refractivity (Wildman–Crippen MR) is 70.7 cm³/mol. The zero-order valence-electron chi connectivity index (χ0n) is 11.5. The molecular formula is C13H25N3O2. The summed E-state index contributed by atoms with van der Waals surface area (Å²) >= 11 is 0. The fourth-order valence-electron chi connectivity index (χ4n) is 2.90. The maximum Gasteiger partial charge on any atom is 0.325 e. The Labute approximate surface area is 109 Å². The Morgan fingerprint density at radius 3 is 2.39 bits per heavy atom. The average molecular weight is 255 g/mol. The van der Waals surface area contributed by atoms with Crippen molar-refractivity contribution in [3.8, 4) is 0 Å².